The summed E-state index contributed by atoms with van der Waals surface area (Å²) in [4.78, 5) is 0. The van der Waals surface area contributed by atoms with Crippen molar-refractivity contribution in [1.29, 1.82) is 5.26 Å². The van der Waals surface area contributed by atoms with Crippen LogP contribution in [-0.2, 0) is 16.4 Å². The number of nitriles is 1. The zero-order chi connectivity index (χ0) is 13.6. The van der Waals surface area contributed by atoms with Crippen LogP contribution >= 0.6 is 0 Å². The van der Waals surface area contributed by atoms with Crippen LogP contribution in [0.2, 0.25) is 0 Å². The highest BCUT2D eigenvalue weighted by atomic mass is 32.2. The Bertz CT molecular complexity index is 547. The lowest BCUT2D eigenvalue weighted by molar-refractivity contribution is 0.408. The van der Waals surface area contributed by atoms with Crippen molar-refractivity contribution in [3.8, 4) is 11.8 Å². The molecular formula is C12H16N2O3S. The molecule has 0 bridgehead atoms. The van der Waals surface area contributed by atoms with E-state index in [4.69, 9.17) is 10.00 Å². The summed E-state index contributed by atoms with van der Waals surface area (Å²) in [6.45, 7) is 0.840. The first-order chi connectivity index (χ1) is 8.46. The summed E-state index contributed by atoms with van der Waals surface area (Å²) in [5.41, 5.74) is 1.39. The normalized spacial score (nSPS) is 10.9. The van der Waals surface area contributed by atoms with Crippen molar-refractivity contribution in [1.82, 2.24) is 5.32 Å². The van der Waals surface area contributed by atoms with Gasteiger partial charge < -0.3 is 10.1 Å². The lowest BCUT2D eigenvalue weighted by atomic mass is 10.1. The van der Waals surface area contributed by atoms with Gasteiger partial charge in [0.05, 0.1) is 24.5 Å². The van der Waals surface area contributed by atoms with Crippen LogP contribution < -0.4 is 10.1 Å². The predicted molar refractivity (Wildman–Crippen MR) is 69.1 cm³/mol. The fraction of sp³-hybridized carbons (Fsp3) is 0.417. The van der Waals surface area contributed by atoms with Gasteiger partial charge in [-0.05, 0) is 18.2 Å². The summed E-state index contributed by atoms with van der Waals surface area (Å²) in [5.74, 6) is 0.772. The molecule has 1 rings (SSSR count). The largest absolute Gasteiger partial charge is 0.496 e. The molecular weight excluding hydrogens is 252 g/mol. The Kier molecular flexibility index (Phi) is 5.13. The maximum absolute atomic E-state index is 11.0. The maximum atomic E-state index is 11.0. The van der Waals surface area contributed by atoms with Gasteiger partial charge in [0.25, 0.3) is 0 Å². The Balaban J connectivity index is 2.63. The van der Waals surface area contributed by atoms with Crippen molar-refractivity contribution in [3.05, 3.63) is 29.3 Å². The Labute approximate surface area is 107 Å². The topological polar surface area (TPSA) is 79.2 Å². The SMILES string of the molecule is COc1ccc(C#N)cc1CNCCS(C)(=O)=O. The first-order valence-electron chi connectivity index (χ1n) is 5.41. The molecule has 0 unspecified atom stereocenters. The molecule has 0 amide bonds. The Morgan fingerprint density at radius 2 is 2.17 bits per heavy atom. The number of nitrogens with one attached hydrogen (secondary N) is 1. The highest BCUT2D eigenvalue weighted by Crippen LogP contribution is 2.19. The van der Waals surface area contributed by atoms with Crippen LogP contribution in [0.1, 0.15) is 11.1 Å². The summed E-state index contributed by atoms with van der Waals surface area (Å²) >= 11 is 0. The van der Waals surface area contributed by atoms with E-state index in [9.17, 15) is 8.42 Å². The number of hydrogen-bond donors (Lipinski definition) is 1. The second-order valence-electron chi connectivity index (χ2n) is 3.95. The van der Waals surface area contributed by atoms with Gasteiger partial charge in [0.2, 0.25) is 0 Å². The molecule has 0 saturated heterocycles. The number of hydrogen-bond acceptors (Lipinski definition) is 5. The van der Waals surface area contributed by atoms with Gasteiger partial charge in [0, 0.05) is 24.9 Å². The second kappa shape index (κ2) is 6.38. The minimum Gasteiger partial charge on any atom is -0.496 e. The van der Waals surface area contributed by atoms with Crippen molar-refractivity contribution >= 4 is 9.84 Å². The first kappa shape index (κ1) is 14.5. The summed E-state index contributed by atoms with van der Waals surface area (Å²) < 4.78 is 27.1. The Morgan fingerprint density at radius 3 is 2.72 bits per heavy atom. The molecule has 1 N–H and O–H groups in total. The fourth-order valence-corrected chi connectivity index (χ4v) is 1.98. The van der Waals surface area contributed by atoms with Crippen LogP contribution in [0.4, 0.5) is 0 Å². The lowest BCUT2D eigenvalue weighted by Gasteiger charge is -2.09. The zero-order valence-electron chi connectivity index (χ0n) is 10.4. The third kappa shape index (κ3) is 4.73. The number of benzene rings is 1. The molecule has 0 saturated carbocycles. The third-order valence-electron chi connectivity index (χ3n) is 2.37. The lowest BCUT2D eigenvalue weighted by Crippen LogP contribution is -2.22. The summed E-state index contributed by atoms with van der Waals surface area (Å²) in [5, 5.41) is 11.8. The summed E-state index contributed by atoms with van der Waals surface area (Å²) in [6, 6.07) is 7.19. The smallest absolute Gasteiger partial charge is 0.148 e. The van der Waals surface area contributed by atoms with Gasteiger partial charge in [0.1, 0.15) is 15.6 Å². The van der Waals surface area contributed by atoms with Crippen molar-refractivity contribution in [2.75, 3.05) is 25.7 Å². The Morgan fingerprint density at radius 1 is 1.44 bits per heavy atom. The quantitative estimate of drug-likeness (QED) is 0.768. The van der Waals surface area contributed by atoms with Gasteiger partial charge in [-0.25, -0.2) is 8.42 Å². The molecule has 5 nitrogen and oxygen atoms in total. The van der Waals surface area contributed by atoms with Crippen LogP contribution in [0.3, 0.4) is 0 Å². The first-order valence-corrected chi connectivity index (χ1v) is 7.48. The molecule has 0 heterocycles. The molecule has 0 spiro atoms. The molecule has 18 heavy (non-hydrogen) atoms. The van der Waals surface area contributed by atoms with E-state index in [-0.39, 0.29) is 5.75 Å². The molecule has 6 heteroatoms. The van der Waals surface area contributed by atoms with E-state index >= 15 is 0 Å². The number of sulfone groups is 1. The minimum absolute atomic E-state index is 0.0905. The van der Waals surface area contributed by atoms with E-state index in [0.29, 0.717) is 24.4 Å². The van der Waals surface area contributed by atoms with E-state index in [1.54, 1.807) is 25.3 Å². The summed E-state index contributed by atoms with van der Waals surface area (Å²) in [7, 11) is -1.40. The van der Waals surface area contributed by atoms with Gasteiger partial charge >= 0.3 is 0 Å². The average Bonchev–Trinajstić information content (AvgIpc) is 2.33. The Hall–Kier alpha value is -1.58. The second-order valence-corrected chi connectivity index (χ2v) is 6.20. The zero-order valence-corrected chi connectivity index (χ0v) is 11.3. The van der Waals surface area contributed by atoms with Crippen molar-refractivity contribution in [2.24, 2.45) is 0 Å². The number of methoxy groups -OCH3 is 1. The number of ether oxygens (including phenoxy) is 1. The maximum Gasteiger partial charge on any atom is 0.148 e. The molecule has 0 aliphatic heterocycles. The fourth-order valence-electron chi connectivity index (χ4n) is 1.47. The molecule has 0 aromatic heterocycles. The molecule has 0 radical (unpaired) electrons. The minimum atomic E-state index is -2.95. The van der Waals surface area contributed by atoms with E-state index in [1.165, 1.54) is 6.26 Å². The van der Waals surface area contributed by atoms with Crippen LogP contribution in [-0.4, -0.2) is 34.1 Å². The number of rotatable bonds is 6. The average molecular weight is 268 g/mol. The van der Waals surface area contributed by atoms with Crippen LogP contribution in [0, 0.1) is 11.3 Å². The molecule has 1 aromatic carbocycles. The molecule has 0 aliphatic rings. The third-order valence-corrected chi connectivity index (χ3v) is 3.32. The highest BCUT2D eigenvalue weighted by molar-refractivity contribution is 7.90. The molecule has 98 valence electrons. The molecule has 1 aromatic rings. The summed E-state index contributed by atoms with van der Waals surface area (Å²) in [6.07, 6.45) is 1.20. The van der Waals surface area contributed by atoms with Crippen molar-refractivity contribution < 1.29 is 13.2 Å². The number of nitrogens with zero attached hydrogens (tertiary/aromatic N) is 1. The van der Waals surface area contributed by atoms with Crippen LogP contribution in [0.25, 0.3) is 0 Å². The van der Waals surface area contributed by atoms with E-state index in [1.807, 2.05) is 0 Å². The standard InChI is InChI=1S/C12H16N2O3S/c1-17-12-4-3-10(8-13)7-11(12)9-14-5-6-18(2,15)16/h3-4,7,14H,5-6,9H2,1-2H3. The van der Waals surface area contributed by atoms with Crippen LogP contribution in [0.5, 0.6) is 5.75 Å². The predicted octanol–water partition coefficient (Wildman–Crippen LogP) is 0.701. The van der Waals surface area contributed by atoms with Gasteiger partial charge in [0.15, 0.2) is 0 Å². The highest BCUT2D eigenvalue weighted by Gasteiger charge is 2.05. The monoisotopic (exact) mass is 268 g/mol. The molecule has 0 aliphatic carbocycles. The van der Waals surface area contributed by atoms with Crippen molar-refractivity contribution in [3.63, 3.8) is 0 Å². The van der Waals surface area contributed by atoms with Gasteiger partial charge in [-0.2, -0.15) is 5.26 Å². The molecule has 0 fully saturated rings. The van der Waals surface area contributed by atoms with Gasteiger partial charge in [-0.3, -0.25) is 0 Å². The van der Waals surface area contributed by atoms with E-state index < -0.39 is 9.84 Å². The van der Waals surface area contributed by atoms with E-state index in [0.717, 1.165) is 5.56 Å². The molecule has 0 atom stereocenters. The van der Waals surface area contributed by atoms with E-state index in [2.05, 4.69) is 11.4 Å². The van der Waals surface area contributed by atoms with Gasteiger partial charge in [-0.15, -0.1) is 0 Å². The van der Waals surface area contributed by atoms with Crippen LogP contribution in [0.15, 0.2) is 18.2 Å². The van der Waals surface area contributed by atoms with Gasteiger partial charge in [-0.1, -0.05) is 0 Å². The van der Waals surface area contributed by atoms with Crippen molar-refractivity contribution in [2.45, 2.75) is 6.54 Å².